The van der Waals surface area contributed by atoms with Gasteiger partial charge in [0, 0.05) is 31.3 Å². The van der Waals surface area contributed by atoms with Crippen molar-refractivity contribution < 1.29 is 4.74 Å². The van der Waals surface area contributed by atoms with E-state index in [0.717, 1.165) is 32.6 Å². The lowest BCUT2D eigenvalue weighted by Gasteiger charge is -2.20. The second kappa shape index (κ2) is 12.6. The third-order valence-corrected chi connectivity index (χ3v) is 6.27. The SMILES string of the molecule is C=N/C(CN(Cc1cccc(-c2ncc(-c3ccc(OC)cc3)s2)n1)Cc1ncccn1)=N\C=C/C. The van der Waals surface area contributed by atoms with Gasteiger partial charge in [-0.15, -0.1) is 11.3 Å². The lowest BCUT2D eigenvalue weighted by Crippen LogP contribution is -2.29. The van der Waals surface area contributed by atoms with Crippen molar-refractivity contribution in [1.82, 2.24) is 24.8 Å². The molecule has 0 amide bonds. The van der Waals surface area contributed by atoms with E-state index >= 15 is 0 Å². The number of nitrogens with zero attached hydrogens (tertiary/aromatic N) is 7. The molecular weight excluding hydrogens is 470 g/mol. The minimum Gasteiger partial charge on any atom is -0.497 e. The highest BCUT2D eigenvalue weighted by molar-refractivity contribution is 7.18. The summed E-state index contributed by atoms with van der Waals surface area (Å²) in [6.45, 7) is 7.15. The number of aromatic nitrogens is 4. The van der Waals surface area contributed by atoms with Gasteiger partial charge in [0.05, 0.1) is 36.5 Å². The number of benzene rings is 1. The average molecular weight is 498 g/mol. The summed E-state index contributed by atoms with van der Waals surface area (Å²) in [5, 5.41) is 0.865. The molecule has 8 nitrogen and oxygen atoms in total. The van der Waals surface area contributed by atoms with Crippen LogP contribution >= 0.6 is 11.3 Å². The van der Waals surface area contributed by atoms with Crippen molar-refractivity contribution in [2.45, 2.75) is 20.0 Å². The van der Waals surface area contributed by atoms with E-state index in [2.05, 4.69) is 36.6 Å². The molecule has 0 aliphatic carbocycles. The van der Waals surface area contributed by atoms with E-state index in [1.165, 1.54) is 0 Å². The summed E-state index contributed by atoms with van der Waals surface area (Å²) in [4.78, 5) is 30.0. The van der Waals surface area contributed by atoms with Crippen molar-refractivity contribution in [2.24, 2.45) is 9.98 Å². The lowest BCUT2D eigenvalue weighted by atomic mass is 10.2. The van der Waals surface area contributed by atoms with Crippen molar-refractivity contribution in [1.29, 1.82) is 0 Å². The summed E-state index contributed by atoms with van der Waals surface area (Å²) in [5.74, 6) is 2.16. The highest BCUT2D eigenvalue weighted by Crippen LogP contribution is 2.32. The molecular formula is C27H27N7OS. The molecule has 182 valence electrons. The van der Waals surface area contributed by atoms with Gasteiger partial charge < -0.3 is 4.74 Å². The van der Waals surface area contributed by atoms with Gasteiger partial charge in [-0.1, -0.05) is 12.1 Å². The molecule has 0 atom stereocenters. The van der Waals surface area contributed by atoms with Gasteiger partial charge >= 0.3 is 0 Å². The van der Waals surface area contributed by atoms with Gasteiger partial charge in [-0.05, 0) is 61.7 Å². The van der Waals surface area contributed by atoms with Gasteiger partial charge in [-0.25, -0.2) is 29.9 Å². The third-order valence-electron chi connectivity index (χ3n) is 5.20. The molecule has 0 saturated carbocycles. The van der Waals surface area contributed by atoms with E-state index in [-0.39, 0.29) is 0 Å². The Morgan fingerprint density at radius 2 is 1.86 bits per heavy atom. The zero-order chi connectivity index (χ0) is 25.2. The Morgan fingerprint density at radius 1 is 1.06 bits per heavy atom. The second-order valence-electron chi connectivity index (χ2n) is 7.77. The maximum absolute atomic E-state index is 5.26. The quantitative estimate of drug-likeness (QED) is 0.218. The first-order valence-electron chi connectivity index (χ1n) is 11.4. The zero-order valence-corrected chi connectivity index (χ0v) is 21.1. The summed E-state index contributed by atoms with van der Waals surface area (Å²) >= 11 is 1.61. The van der Waals surface area contributed by atoms with Crippen molar-refractivity contribution in [3.05, 3.63) is 90.9 Å². The Morgan fingerprint density at radius 3 is 2.58 bits per heavy atom. The van der Waals surface area contributed by atoms with Crippen molar-refractivity contribution in [3.63, 3.8) is 0 Å². The summed E-state index contributed by atoms with van der Waals surface area (Å²) < 4.78 is 5.26. The zero-order valence-electron chi connectivity index (χ0n) is 20.3. The molecule has 0 saturated heterocycles. The fourth-order valence-electron chi connectivity index (χ4n) is 3.47. The van der Waals surface area contributed by atoms with Crippen LogP contribution in [0.1, 0.15) is 18.4 Å². The molecule has 0 aliphatic rings. The van der Waals surface area contributed by atoms with E-state index in [4.69, 9.17) is 9.72 Å². The minimum absolute atomic E-state index is 0.483. The van der Waals surface area contributed by atoms with Crippen molar-refractivity contribution in [3.8, 4) is 26.9 Å². The van der Waals surface area contributed by atoms with Gasteiger partial charge in [-0.2, -0.15) is 0 Å². The maximum atomic E-state index is 5.26. The van der Waals surface area contributed by atoms with Crippen LogP contribution in [0.4, 0.5) is 0 Å². The summed E-state index contributed by atoms with van der Waals surface area (Å²) in [7, 11) is 1.66. The molecule has 0 radical (unpaired) electrons. The Balaban J connectivity index is 1.55. The number of methoxy groups -OCH3 is 1. The number of amidine groups is 1. The monoisotopic (exact) mass is 497 g/mol. The van der Waals surface area contributed by atoms with Crippen molar-refractivity contribution in [2.75, 3.05) is 13.7 Å². The normalized spacial score (nSPS) is 11.8. The van der Waals surface area contributed by atoms with Crippen LogP contribution in [0, 0.1) is 0 Å². The number of rotatable bonds is 10. The van der Waals surface area contributed by atoms with Gasteiger partial charge in [0.25, 0.3) is 0 Å². The Kier molecular flexibility index (Phi) is 8.74. The van der Waals surface area contributed by atoms with Gasteiger partial charge in [-0.3, -0.25) is 4.90 Å². The summed E-state index contributed by atoms with van der Waals surface area (Å²) in [6, 6.07) is 15.8. The van der Waals surface area contributed by atoms with E-state index in [1.54, 1.807) is 43.1 Å². The molecule has 9 heteroatoms. The van der Waals surface area contributed by atoms with Crippen LogP contribution in [0.2, 0.25) is 0 Å². The first kappa shape index (κ1) is 25.0. The Hall–Kier alpha value is -4.08. The summed E-state index contributed by atoms with van der Waals surface area (Å²) in [6.07, 6.45) is 8.93. The molecule has 36 heavy (non-hydrogen) atoms. The standard InChI is InChI=1S/C27H27N7OS/c1-4-13-29-25(28-2)18-34(19-26-30-14-6-15-31-26)17-21-7-5-8-23(33-21)27-32-16-24(36-27)20-9-11-22(35-3)12-10-20/h4-16H,2,17-19H2,1,3H3/b13-4-,29-25-. The second-order valence-corrected chi connectivity index (χ2v) is 8.80. The number of hydrogen-bond donors (Lipinski definition) is 0. The van der Waals surface area contributed by atoms with Gasteiger partial charge in [0.2, 0.25) is 0 Å². The number of aliphatic imine (C=N–C) groups is 2. The van der Waals surface area contributed by atoms with Crippen LogP contribution in [0.5, 0.6) is 5.75 Å². The predicted molar refractivity (Wildman–Crippen MR) is 145 cm³/mol. The highest BCUT2D eigenvalue weighted by Gasteiger charge is 2.14. The molecule has 4 aromatic rings. The number of hydrogen-bond acceptors (Lipinski definition) is 8. The van der Waals surface area contributed by atoms with E-state index in [9.17, 15) is 0 Å². The molecule has 0 fully saturated rings. The molecule has 0 spiro atoms. The fraction of sp³-hybridized carbons (Fsp3) is 0.185. The number of ether oxygens (including phenoxy) is 1. The van der Waals surface area contributed by atoms with Crippen LogP contribution in [-0.2, 0) is 13.1 Å². The Labute approximate surface area is 214 Å². The van der Waals surface area contributed by atoms with E-state index in [1.807, 2.05) is 61.7 Å². The van der Waals surface area contributed by atoms with Crippen LogP contribution in [0.25, 0.3) is 21.1 Å². The van der Waals surface area contributed by atoms with Crippen LogP contribution < -0.4 is 4.74 Å². The average Bonchev–Trinajstić information content (AvgIpc) is 3.42. The molecule has 4 rings (SSSR count). The predicted octanol–water partition coefficient (Wildman–Crippen LogP) is 5.31. The highest BCUT2D eigenvalue weighted by atomic mass is 32.1. The third kappa shape index (κ3) is 6.74. The largest absolute Gasteiger partial charge is 0.497 e. The first-order chi connectivity index (χ1) is 17.7. The molecule has 1 aromatic carbocycles. The number of thiazole rings is 1. The van der Waals surface area contributed by atoms with Gasteiger partial charge in [0.15, 0.2) is 0 Å². The topological polar surface area (TPSA) is 88.8 Å². The van der Waals surface area contributed by atoms with Crippen LogP contribution in [-0.4, -0.2) is 51.0 Å². The lowest BCUT2D eigenvalue weighted by molar-refractivity contribution is 0.283. The van der Waals surface area contributed by atoms with Crippen molar-refractivity contribution >= 4 is 23.9 Å². The number of pyridine rings is 1. The molecule has 0 N–H and O–H groups in total. The first-order valence-corrected chi connectivity index (χ1v) is 12.2. The minimum atomic E-state index is 0.483. The van der Waals surface area contributed by atoms with E-state index in [0.29, 0.717) is 31.3 Å². The molecule has 0 bridgehead atoms. The molecule has 0 unspecified atom stereocenters. The summed E-state index contributed by atoms with van der Waals surface area (Å²) in [5.41, 5.74) is 2.83. The molecule has 3 aromatic heterocycles. The smallest absolute Gasteiger partial charge is 0.142 e. The Bertz CT molecular complexity index is 1330. The number of allylic oxidation sites excluding steroid dienone is 1. The van der Waals surface area contributed by atoms with E-state index < -0.39 is 0 Å². The molecule has 3 heterocycles. The maximum Gasteiger partial charge on any atom is 0.142 e. The van der Waals surface area contributed by atoms with Crippen LogP contribution in [0.15, 0.2) is 89.4 Å². The molecule has 0 aliphatic heterocycles. The van der Waals surface area contributed by atoms with Gasteiger partial charge in [0.1, 0.15) is 22.4 Å². The van der Waals surface area contributed by atoms with Crippen LogP contribution in [0.3, 0.4) is 0 Å². The fourth-order valence-corrected chi connectivity index (χ4v) is 4.36.